The Morgan fingerprint density at radius 3 is 2.21 bits per heavy atom. The van der Waals surface area contributed by atoms with Gasteiger partial charge in [0.15, 0.2) is 0 Å². The van der Waals surface area contributed by atoms with E-state index in [2.05, 4.69) is 68.5 Å². The van der Waals surface area contributed by atoms with E-state index in [4.69, 9.17) is 9.72 Å². The van der Waals surface area contributed by atoms with Crippen LogP contribution in [0.1, 0.15) is 82.9 Å². The normalized spacial score (nSPS) is 17.7. The molecule has 1 saturated carbocycles. The molecule has 220 valence electrons. The van der Waals surface area contributed by atoms with Crippen LogP contribution in [0, 0.1) is 0 Å². The summed E-state index contributed by atoms with van der Waals surface area (Å²) in [6.07, 6.45) is 12.3. The molecular formula is C35H38N6O2. The summed E-state index contributed by atoms with van der Waals surface area (Å²) < 4.78 is 5.63. The van der Waals surface area contributed by atoms with E-state index in [1.807, 2.05) is 39.4 Å². The second-order valence-corrected chi connectivity index (χ2v) is 12.9. The maximum atomic E-state index is 12.8. The summed E-state index contributed by atoms with van der Waals surface area (Å²) in [5, 5.41) is 1.10. The van der Waals surface area contributed by atoms with Crippen molar-refractivity contribution in [3.05, 3.63) is 78.8 Å². The van der Waals surface area contributed by atoms with Gasteiger partial charge in [-0.25, -0.2) is 14.8 Å². The summed E-state index contributed by atoms with van der Waals surface area (Å²) in [5.41, 5.74) is 6.75. The fourth-order valence-corrected chi connectivity index (χ4v) is 6.42. The van der Waals surface area contributed by atoms with Crippen molar-refractivity contribution in [2.24, 2.45) is 0 Å². The lowest BCUT2D eigenvalue weighted by molar-refractivity contribution is 0.0218. The number of pyridine rings is 1. The van der Waals surface area contributed by atoms with Crippen LogP contribution in [0.3, 0.4) is 0 Å². The van der Waals surface area contributed by atoms with E-state index in [1.165, 1.54) is 25.7 Å². The van der Waals surface area contributed by atoms with Crippen LogP contribution in [-0.4, -0.2) is 48.1 Å². The fraction of sp³-hybridized carbons (Fsp3) is 0.371. The zero-order chi connectivity index (χ0) is 29.6. The Bertz CT molecular complexity index is 1760. The number of benzene rings is 2. The molecule has 7 rings (SSSR count). The molecule has 0 bridgehead atoms. The van der Waals surface area contributed by atoms with Crippen molar-refractivity contribution < 1.29 is 9.53 Å². The summed E-state index contributed by atoms with van der Waals surface area (Å²) in [6, 6.07) is 17.0. The molecule has 1 amide bonds. The van der Waals surface area contributed by atoms with Crippen LogP contribution in [-0.2, 0) is 4.74 Å². The van der Waals surface area contributed by atoms with Crippen molar-refractivity contribution in [1.29, 1.82) is 0 Å². The standard InChI is InChI=1S/C35H38N6O2/c1-35(2,3)43-34(42)41-16-6-9-31(41)33-38-20-29(40-33)23-12-10-22(11-13-23)25-14-15-26-17-27(19-36-28(26)18-25)30-21-37-32(39-30)24-7-4-5-8-24/h10-15,17-21,24,31H,4-9,16H2,1-3H3,(H,37,39)(H,38,40)/t31-/m0/s1. The molecule has 2 aliphatic rings. The van der Waals surface area contributed by atoms with E-state index < -0.39 is 5.60 Å². The average molecular weight is 575 g/mol. The molecule has 2 aromatic carbocycles. The number of likely N-dealkylation sites (tertiary alicyclic amines) is 1. The van der Waals surface area contributed by atoms with Crippen LogP contribution in [0.5, 0.6) is 0 Å². The first kappa shape index (κ1) is 27.4. The van der Waals surface area contributed by atoms with Gasteiger partial charge in [0, 0.05) is 29.6 Å². The molecule has 5 aromatic rings. The molecular weight excluding hydrogens is 536 g/mol. The van der Waals surface area contributed by atoms with Gasteiger partial charge in [0.2, 0.25) is 0 Å². The van der Waals surface area contributed by atoms with E-state index in [9.17, 15) is 4.79 Å². The Morgan fingerprint density at radius 1 is 0.767 bits per heavy atom. The summed E-state index contributed by atoms with van der Waals surface area (Å²) >= 11 is 0. The van der Waals surface area contributed by atoms with Gasteiger partial charge in [-0.05, 0) is 75.3 Å². The first-order valence-electron chi connectivity index (χ1n) is 15.4. The maximum Gasteiger partial charge on any atom is 0.410 e. The SMILES string of the molecule is CC(C)(C)OC(=O)N1CCC[C@H]1c1ncc(-c2ccc(-c3ccc4cc(-c5cnc(C6CCCC6)[nH]5)cnc4c3)cc2)[nH]1. The molecule has 1 atom stereocenters. The van der Waals surface area contributed by atoms with Gasteiger partial charge in [0.25, 0.3) is 0 Å². The van der Waals surface area contributed by atoms with E-state index in [-0.39, 0.29) is 12.1 Å². The number of hydrogen-bond donors (Lipinski definition) is 2. The van der Waals surface area contributed by atoms with Gasteiger partial charge < -0.3 is 14.7 Å². The predicted octanol–water partition coefficient (Wildman–Crippen LogP) is 8.41. The summed E-state index contributed by atoms with van der Waals surface area (Å²) in [5.74, 6) is 2.47. The topological polar surface area (TPSA) is 99.8 Å². The lowest BCUT2D eigenvalue weighted by Crippen LogP contribution is -2.36. The number of aromatic nitrogens is 5. The van der Waals surface area contributed by atoms with Crippen molar-refractivity contribution in [2.45, 2.75) is 76.9 Å². The summed E-state index contributed by atoms with van der Waals surface area (Å²) in [6.45, 7) is 6.35. The van der Waals surface area contributed by atoms with Crippen LogP contribution in [0.25, 0.3) is 44.5 Å². The highest BCUT2D eigenvalue weighted by Gasteiger charge is 2.34. The first-order valence-corrected chi connectivity index (χ1v) is 15.4. The number of imidazole rings is 2. The van der Waals surface area contributed by atoms with Gasteiger partial charge in [-0.15, -0.1) is 0 Å². The van der Waals surface area contributed by atoms with Crippen LogP contribution >= 0.6 is 0 Å². The minimum Gasteiger partial charge on any atom is -0.444 e. The average Bonchev–Trinajstić information content (AvgIpc) is 3.82. The Morgan fingerprint density at radius 2 is 1.44 bits per heavy atom. The number of aromatic amines is 2. The maximum absolute atomic E-state index is 12.8. The number of nitrogens with zero attached hydrogens (tertiary/aromatic N) is 4. The van der Waals surface area contributed by atoms with Gasteiger partial charge in [0.1, 0.15) is 17.2 Å². The van der Waals surface area contributed by atoms with E-state index in [0.717, 1.165) is 69.0 Å². The zero-order valence-corrected chi connectivity index (χ0v) is 25.1. The first-order chi connectivity index (χ1) is 20.8. The van der Waals surface area contributed by atoms with E-state index in [1.54, 1.807) is 4.90 Å². The zero-order valence-electron chi connectivity index (χ0n) is 25.1. The number of amides is 1. The van der Waals surface area contributed by atoms with Crippen molar-refractivity contribution in [2.75, 3.05) is 6.54 Å². The third-order valence-corrected chi connectivity index (χ3v) is 8.65. The van der Waals surface area contributed by atoms with Crippen LogP contribution in [0.2, 0.25) is 0 Å². The van der Waals surface area contributed by atoms with Crippen molar-refractivity contribution >= 4 is 17.0 Å². The Balaban J connectivity index is 1.06. The number of H-pyrrole nitrogens is 2. The smallest absolute Gasteiger partial charge is 0.410 e. The number of rotatable bonds is 5. The molecule has 8 nitrogen and oxygen atoms in total. The molecule has 0 unspecified atom stereocenters. The third kappa shape index (κ3) is 5.66. The van der Waals surface area contributed by atoms with Crippen molar-refractivity contribution in [3.8, 4) is 33.6 Å². The molecule has 2 N–H and O–H groups in total. The van der Waals surface area contributed by atoms with Gasteiger partial charge in [-0.2, -0.15) is 0 Å². The largest absolute Gasteiger partial charge is 0.444 e. The number of hydrogen-bond acceptors (Lipinski definition) is 5. The molecule has 1 aliphatic heterocycles. The number of carbonyl (C=O) groups excluding carboxylic acids is 1. The predicted molar refractivity (Wildman–Crippen MR) is 168 cm³/mol. The Kier molecular flexibility index (Phi) is 7.00. The number of carbonyl (C=O) groups is 1. The third-order valence-electron chi connectivity index (χ3n) is 8.65. The Hall–Kier alpha value is -4.46. The van der Waals surface area contributed by atoms with Gasteiger partial charge in [-0.1, -0.05) is 49.2 Å². The number of ether oxygens (including phenoxy) is 1. The molecule has 8 heteroatoms. The van der Waals surface area contributed by atoms with Gasteiger partial charge in [0.05, 0.1) is 35.3 Å². The summed E-state index contributed by atoms with van der Waals surface area (Å²) in [7, 11) is 0. The molecule has 1 aliphatic carbocycles. The minimum absolute atomic E-state index is 0.101. The highest BCUT2D eigenvalue weighted by molar-refractivity contribution is 5.87. The van der Waals surface area contributed by atoms with Crippen LogP contribution < -0.4 is 0 Å². The van der Waals surface area contributed by atoms with Gasteiger partial charge in [-0.3, -0.25) is 9.88 Å². The number of fused-ring (bicyclic) bond motifs is 1. The molecule has 0 spiro atoms. The van der Waals surface area contributed by atoms with Gasteiger partial charge >= 0.3 is 6.09 Å². The van der Waals surface area contributed by atoms with E-state index in [0.29, 0.717) is 12.5 Å². The van der Waals surface area contributed by atoms with Crippen LogP contribution in [0.15, 0.2) is 67.1 Å². The van der Waals surface area contributed by atoms with Crippen molar-refractivity contribution in [1.82, 2.24) is 29.8 Å². The molecule has 1 saturated heterocycles. The second-order valence-electron chi connectivity index (χ2n) is 12.9. The lowest BCUT2D eigenvalue weighted by Gasteiger charge is -2.27. The van der Waals surface area contributed by atoms with Crippen LogP contribution in [0.4, 0.5) is 4.79 Å². The Labute approximate surface area is 251 Å². The molecule has 43 heavy (non-hydrogen) atoms. The molecule has 0 radical (unpaired) electrons. The quantitative estimate of drug-likeness (QED) is 0.219. The minimum atomic E-state index is -0.525. The number of nitrogens with one attached hydrogen (secondary N) is 2. The summed E-state index contributed by atoms with van der Waals surface area (Å²) in [4.78, 5) is 35.7. The van der Waals surface area contributed by atoms with E-state index >= 15 is 0 Å². The fourth-order valence-electron chi connectivity index (χ4n) is 6.42. The second kappa shape index (κ2) is 11.0. The lowest BCUT2D eigenvalue weighted by atomic mass is 10.0. The highest BCUT2D eigenvalue weighted by atomic mass is 16.6. The molecule has 2 fully saturated rings. The molecule has 3 aromatic heterocycles. The van der Waals surface area contributed by atoms with Crippen molar-refractivity contribution in [3.63, 3.8) is 0 Å². The monoisotopic (exact) mass is 574 g/mol. The molecule has 4 heterocycles. The highest BCUT2D eigenvalue weighted by Crippen LogP contribution is 2.35.